The molecule has 0 spiro atoms. The van der Waals surface area contributed by atoms with E-state index in [4.69, 9.17) is 0 Å². The van der Waals surface area contributed by atoms with Crippen molar-refractivity contribution >= 4 is 42.9 Å². The number of rotatable bonds is 9. The van der Waals surface area contributed by atoms with E-state index in [0.29, 0.717) is 0 Å². The highest BCUT2D eigenvalue weighted by atomic mass is 31.1. The molecule has 1 aliphatic carbocycles. The van der Waals surface area contributed by atoms with Crippen LogP contribution in [0, 0.1) is 5.92 Å². The number of benzene rings is 5. The van der Waals surface area contributed by atoms with Crippen LogP contribution in [0.25, 0.3) is 0 Å². The summed E-state index contributed by atoms with van der Waals surface area (Å²) >= 11 is 0. The number of anilines is 1. The molecule has 0 fully saturated rings. The largest absolute Gasteiger partial charge is 0.339 e. The molecule has 0 heterocycles. The topological polar surface area (TPSA) is 3.24 Å². The van der Waals surface area contributed by atoms with Crippen molar-refractivity contribution in [2.45, 2.75) is 13.0 Å². The zero-order chi connectivity index (χ0) is 27.1. The lowest BCUT2D eigenvalue weighted by Crippen LogP contribution is -2.40. The van der Waals surface area contributed by atoms with Gasteiger partial charge in [0.05, 0.1) is 8.07 Å². The molecule has 3 heteroatoms. The van der Waals surface area contributed by atoms with Crippen molar-refractivity contribution < 1.29 is 0 Å². The lowest BCUT2D eigenvalue weighted by atomic mass is 10.0. The summed E-state index contributed by atoms with van der Waals surface area (Å²) in [5.74, 6) is 0.282. The molecule has 0 radical (unpaired) electrons. The standard InChI is InChI=1S/C37H33NP2/c1-30(36-28-17-29-37(36)39(32-20-9-3-10-21-32)33-22-11-4-12-23-33)38(31-18-7-2-8-19-31)40(34-24-13-5-14-25-34)35-26-15-6-16-27-35/h2-30,36H,1H3/t30-,36?/m1/s1. The molecule has 0 aromatic heterocycles. The summed E-state index contributed by atoms with van der Waals surface area (Å²) in [6.07, 6.45) is 7.11. The summed E-state index contributed by atoms with van der Waals surface area (Å²) in [6, 6.07) is 55.5. The van der Waals surface area contributed by atoms with Crippen molar-refractivity contribution in [1.29, 1.82) is 0 Å². The van der Waals surface area contributed by atoms with Gasteiger partial charge in [0.1, 0.15) is 0 Å². The van der Waals surface area contributed by atoms with E-state index < -0.39 is 16.0 Å². The van der Waals surface area contributed by atoms with Crippen LogP contribution in [0.5, 0.6) is 0 Å². The average molecular weight is 554 g/mol. The van der Waals surface area contributed by atoms with Crippen molar-refractivity contribution in [2.24, 2.45) is 5.92 Å². The van der Waals surface area contributed by atoms with E-state index in [-0.39, 0.29) is 12.0 Å². The fourth-order valence-corrected chi connectivity index (χ4v) is 10.8. The summed E-state index contributed by atoms with van der Waals surface area (Å²) < 4.78 is 2.71. The summed E-state index contributed by atoms with van der Waals surface area (Å²) in [5, 5.41) is 7.03. The summed E-state index contributed by atoms with van der Waals surface area (Å²) in [6.45, 7) is 2.42. The third-order valence-corrected chi connectivity index (χ3v) is 12.6. The minimum absolute atomic E-state index is 0.233. The molecule has 0 bridgehead atoms. The maximum absolute atomic E-state index is 2.71. The third kappa shape index (κ3) is 5.59. The van der Waals surface area contributed by atoms with Crippen LogP contribution in [0.1, 0.15) is 6.92 Å². The molecule has 0 amide bonds. The van der Waals surface area contributed by atoms with Crippen LogP contribution in [0.3, 0.4) is 0 Å². The summed E-state index contributed by atoms with van der Waals surface area (Å²) in [7, 11) is -1.48. The van der Waals surface area contributed by atoms with Crippen molar-refractivity contribution in [3.8, 4) is 0 Å². The van der Waals surface area contributed by atoms with Gasteiger partial charge in [0, 0.05) is 28.3 Å². The molecule has 40 heavy (non-hydrogen) atoms. The number of allylic oxidation sites excluding steroid dienone is 2. The highest BCUT2D eigenvalue weighted by molar-refractivity contribution is 7.77. The highest BCUT2D eigenvalue weighted by Crippen LogP contribution is 2.53. The van der Waals surface area contributed by atoms with Gasteiger partial charge in [-0.2, -0.15) is 0 Å². The van der Waals surface area contributed by atoms with E-state index in [2.05, 4.69) is 181 Å². The first-order chi connectivity index (χ1) is 19.8. The van der Waals surface area contributed by atoms with Gasteiger partial charge in [0.25, 0.3) is 0 Å². The minimum atomic E-state index is -0.814. The van der Waals surface area contributed by atoms with Crippen molar-refractivity contribution in [2.75, 3.05) is 4.67 Å². The molecule has 0 saturated heterocycles. The Morgan fingerprint density at radius 2 is 0.925 bits per heavy atom. The van der Waals surface area contributed by atoms with Crippen LogP contribution in [0.15, 0.2) is 175 Å². The Morgan fingerprint density at radius 3 is 1.38 bits per heavy atom. The van der Waals surface area contributed by atoms with Crippen molar-refractivity contribution in [3.63, 3.8) is 0 Å². The van der Waals surface area contributed by atoms with Gasteiger partial charge in [-0.3, -0.25) is 0 Å². The number of hydrogen-bond donors (Lipinski definition) is 0. The Bertz CT molecular complexity index is 1470. The monoisotopic (exact) mass is 553 g/mol. The van der Waals surface area contributed by atoms with Crippen molar-refractivity contribution in [1.82, 2.24) is 0 Å². The van der Waals surface area contributed by atoms with Gasteiger partial charge in [-0.1, -0.05) is 158 Å². The molecule has 0 N–H and O–H groups in total. The van der Waals surface area contributed by atoms with Crippen LogP contribution in [0.4, 0.5) is 5.69 Å². The average Bonchev–Trinajstić information content (AvgIpc) is 3.51. The Kier molecular flexibility index (Phi) is 8.34. The SMILES string of the molecule is C[C@H](C1C=CC=C1P(c1ccccc1)c1ccccc1)N(c1ccccc1)P(c1ccccc1)c1ccccc1. The Hall–Kier alpha value is -3.76. The van der Waals surface area contributed by atoms with Crippen LogP contribution in [-0.2, 0) is 0 Å². The normalized spacial score (nSPS) is 15.3. The molecule has 1 nitrogen and oxygen atoms in total. The van der Waals surface area contributed by atoms with Gasteiger partial charge < -0.3 is 4.67 Å². The summed E-state index contributed by atoms with van der Waals surface area (Å²) in [5.41, 5.74) is 1.26. The zero-order valence-electron chi connectivity index (χ0n) is 22.7. The van der Waals surface area contributed by atoms with Gasteiger partial charge in [-0.05, 0) is 42.9 Å². The smallest absolute Gasteiger partial charge is 0.0552 e. The highest BCUT2D eigenvalue weighted by Gasteiger charge is 2.36. The first-order valence-electron chi connectivity index (χ1n) is 13.8. The zero-order valence-corrected chi connectivity index (χ0v) is 24.5. The molecule has 5 aromatic carbocycles. The molecule has 1 unspecified atom stereocenters. The number of para-hydroxylation sites is 1. The molecule has 196 valence electrons. The molecule has 6 rings (SSSR count). The molecule has 2 atom stereocenters. The lowest BCUT2D eigenvalue weighted by Gasteiger charge is -2.42. The fraction of sp³-hybridized carbons (Fsp3) is 0.0811. The molecule has 1 aliphatic rings. The molecule has 0 aliphatic heterocycles. The predicted octanol–water partition coefficient (Wildman–Crippen LogP) is 8.13. The first-order valence-corrected chi connectivity index (χ1v) is 16.5. The van der Waals surface area contributed by atoms with Crippen LogP contribution >= 0.6 is 16.0 Å². The molecular formula is C37H33NP2. The Labute approximate surface area is 241 Å². The Morgan fingerprint density at radius 1 is 0.525 bits per heavy atom. The fourth-order valence-electron chi connectivity index (χ4n) is 5.52. The van der Waals surface area contributed by atoms with Crippen LogP contribution in [-0.4, -0.2) is 6.04 Å². The van der Waals surface area contributed by atoms with Gasteiger partial charge in [0.2, 0.25) is 0 Å². The summed E-state index contributed by atoms with van der Waals surface area (Å²) in [4.78, 5) is 0. The van der Waals surface area contributed by atoms with Gasteiger partial charge >= 0.3 is 0 Å². The number of hydrogen-bond acceptors (Lipinski definition) is 1. The second kappa shape index (κ2) is 12.6. The second-order valence-corrected chi connectivity index (χ2v) is 14.2. The quantitative estimate of drug-likeness (QED) is 0.167. The van der Waals surface area contributed by atoms with E-state index in [0.717, 1.165) is 0 Å². The molecule has 0 saturated carbocycles. The van der Waals surface area contributed by atoms with Crippen molar-refractivity contribution in [3.05, 3.63) is 175 Å². The second-order valence-electron chi connectivity index (χ2n) is 9.91. The van der Waals surface area contributed by atoms with E-state index in [9.17, 15) is 0 Å². The minimum Gasteiger partial charge on any atom is -0.339 e. The molecular weight excluding hydrogens is 520 g/mol. The van der Waals surface area contributed by atoms with E-state index in [1.807, 2.05) is 0 Å². The van der Waals surface area contributed by atoms with Gasteiger partial charge in [-0.15, -0.1) is 0 Å². The van der Waals surface area contributed by atoms with Gasteiger partial charge in [0.15, 0.2) is 0 Å². The third-order valence-electron chi connectivity index (χ3n) is 7.36. The van der Waals surface area contributed by atoms with Gasteiger partial charge in [-0.25, -0.2) is 0 Å². The maximum atomic E-state index is 2.71. The van der Waals surface area contributed by atoms with E-state index in [1.165, 1.54) is 32.2 Å². The Balaban J connectivity index is 1.47. The maximum Gasteiger partial charge on any atom is 0.0552 e. The van der Waals surface area contributed by atoms with Crippen LogP contribution < -0.4 is 25.9 Å². The number of nitrogens with zero attached hydrogens (tertiary/aromatic N) is 1. The van der Waals surface area contributed by atoms with Crippen LogP contribution in [0.2, 0.25) is 0 Å². The predicted molar refractivity (Wildman–Crippen MR) is 177 cm³/mol. The first kappa shape index (κ1) is 26.5. The lowest BCUT2D eigenvalue weighted by molar-refractivity contribution is 0.636. The van der Waals surface area contributed by atoms with E-state index in [1.54, 1.807) is 0 Å². The van der Waals surface area contributed by atoms with E-state index >= 15 is 0 Å². The molecule has 5 aromatic rings.